The highest BCUT2D eigenvalue weighted by Gasteiger charge is 2.44. The summed E-state index contributed by atoms with van der Waals surface area (Å²) in [6.07, 6.45) is 1.40. The number of carbonyl (C=O) groups is 1. The highest BCUT2D eigenvalue weighted by Crippen LogP contribution is 2.45. The fourth-order valence-corrected chi connectivity index (χ4v) is 3.83. The molecule has 0 radical (unpaired) electrons. The molecule has 1 aliphatic carbocycles. The monoisotopic (exact) mass is 301 g/mol. The lowest BCUT2D eigenvalue weighted by Gasteiger charge is -2.39. The number of carbonyl (C=O) groups excluding carboxylic acids is 1. The summed E-state index contributed by atoms with van der Waals surface area (Å²) in [6, 6.07) is 7.92. The number of benzene rings is 1. The fraction of sp³-hybridized carbons (Fsp3) is 0.529. The molecule has 1 aliphatic rings. The molecular formula is C17H23NO2Si. The van der Waals surface area contributed by atoms with Crippen molar-refractivity contribution in [1.82, 2.24) is 0 Å². The van der Waals surface area contributed by atoms with Gasteiger partial charge in [0.25, 0.3) is 0 Å². The van der Waals surface area contributed by atoms with E-state index in [4.69, 9.17) is 4.43 Å². The molecule has 0 aliphatic heterocycles. The number of rotatable bonds is 3. The Balaban J connectivity index is 2.41. The van der Waals surface area contributed by atoms with Crippen LogP contribution >= 0.6 is 0 Å². The maximum atomic E-state index is 11.5. The molecule has 1 aromatic rings. The minimum absolute atomic E-state index is 0.0933. The predicted molar refractivity (Wildman–Crippen MR) is 85.4 cm³/mol. The van der Waals surface area contributed by atoms with E-state index in [1.165, 1.54) is 0 Å². The second kappa shape index (κ2) is 5.40. The quantitative estimate of drug-likeness (QED) is 0.626. The van der Waals surface area contributed by atoms with Crippen LogP contribution in [0.25, 0.3) is 0 Å². The van der Waals surface area contributed by atoms with Crippen molar-refractivity contribution >= 4 is 14.6 Å². The first kappa shape index (κ1) is 15.9. The summed E-state index contributed by atoms with van der Waals surface area (Å²) in [5.41, 5.74) is 2.68. The maximum absolute atomic E-state index is 11.5. The molecule has 0 aromatic heterocycles. The Labute approximate surface area is 128 Å². The molecule has 0 fully saturated rings. The molecule has 0 spiro atoms. The summed E-state index contributed by atoms with van der Waals surface area (Å²) >= 11 is 0. The molecule has 2 rings (SSSR count). The van der Waals surface area contributed by atoms with Gasteiger partial charge >= 0.3 is 0 Å². The minimum Gasteiger partial charge on any atom is -0.409 e. The largest absolute Gasteiger partial charge is 0.409 e. The van der Waals surface area contributed by atoms with E-state index < -0.39 is 8.32 Å². The van der Waals surface area contributed by atoms with Crippen LogP contribution in [0, 0.1) is 17.2 Å². The van der Waals surface area contributed by atoms with Gasteiger partial charge < -0.3 is 9.22 Å². The molecule has 2 atom stereocenters. The van der Waals surface area contributed by atoms with E-state index in [0.717, 1.165) is 17.4 Å². The summed E-state index contributed by atoms with van der Waals surface area (Å²) in [5, 5.41) is 9.33. The Morgan fingerprint density at radius 2 is 2.05 bits per heavy atom. The zero-order valence-electron chi connectivity index (χ0n) is 13.4. The average molecular weight is 301 g/mol. The summed E-state index contributed by atoms with van der Waals surface area (Å²) in [6.45, 7) is 11.0. The smallest absolute Gasteiger partial charge is 0.192 e. The lowest BCUT2D eigenvalue weighted by molar-refractivity contribution is -0.113. The first-order valence-corrected chi connectivity index (χ1v) is 10.3. The van der Waals surface area contributed by atoms with Crippen LogP contribution in [0.3, 0.4) is 0 Å². The van der Waals surface area contributed by atoms with Gasteiger partial charge in [-0.05, 0) is 41.7 Å². The Hall–Kier alpha value is -1.44. The molecule has 0 N–H and O–H groups in total. The lowest BCUT2D eigenvalue weighted by atomic mass is 10.0. The number of fused-ring (bicyclic) bond motifs is 1. The van der Waals surface area contributed by atoms with E-state index >= 15 is 0 Å². The molecule has 0 saturated carbocycles. The van der Waals surface area contributed by atoms with Crippen molar-refractivity contribution in [3.8, 4) is 6.07 Å². The van der Waals surface area contributed by atoms with Crippen LogP contribution in [-0.2, 0) is 15.6 Å². The van der Waals surface area contributed by atoms with Gasteiger partial charge in [-0.15, -0.1) is 0 Å². The van der Waals surface area contributed by atoms with Crippen LogP contribution in [0.2, 0.25) is 18.1 Å². The van der Waals surface area contributed by atoms with Gasteiger partial charge in [0.05, 0.1) is 17.7 Å². The standard InChI is InChI=1S/C17H23NO2Si/c1-17(2,3)21(4,5)20-16-13(11-19)9-15-12(10-18)7-6-8-14(15)16/h6-8,11,13,16H,9H2,1-5H3. The highest BCUT2D eigenvalue weighted by atomic mass is 28.4. The summed E-state index contributed by atoms with van der Waals surface area (Å²) < 4.78 is 6.49. The molecule has 0 amide bonds. The number of hydrogen-bond acceptors (Lipinski definition) is 3. The Morgan fingerprint density at radius 1 is 1.38 bits per heavy atom. The van der Waals surface area contributed by atoms with Gasteiger partial charge in [-0.2, -0.15) is 5.26 Å². The lowest BCUT2D eigenvalue weighted by Crippen LogP contribution is -2.42. The van der Waals surface area contributed by atoms with Crippen molar-refractivity contribution in [1.29, 1.82) is 5.26 Å². The Morgan fingerprint density at radius 3 is 2.57 bits per heavy atom. The molecule has 112 valence electrons. The fourth-order valence-electron chi connectivity index (χ4n) is 2.54. The molecule has 3 nitrogen and oxygen atoms in total. The van der Waals surface area contributed by atoms with Crippen LogP contribution in [0.4, 0.5) is 0 Å². The third-order valence-corrected chi connectivity index (χ3v) is 9.33. The second-order valence-electron chi connectivity index (χ2n) is 7.29. The first-order valence-electron chi connectivity index (χ1n) is 7.36. The van der Waals surface area contributed by atoms with E-state index in [1.54, 1.807) is 0 Å². The van der Waals surface area contributed by atoms with Gasteiger partial charge in [-0.25, -0.2) is 0 Å². The van der Waals surface area contributed by atoms with Crippen LogP contribution < -0.4 is 0 Å². The van der Waals surface area contributed by atoms with Crippen molar-refractivity contribution in [2.45, 2.75) is 51.4 Å². The minimum atomic E-state index is -1.97. The summed E-state index contributed by atoms with van der Waals surface area (Å²) in [7, 11) is -1.97. The van der Waals surface area contributed by atoms with Crippen LogP contribution in [-0.4, -0.2) is 14.6 Å². The molecule has 0 saturated heterocycles. The van der Waals surface area contributed by atoms with Crippen molar-refractivity contribution in [2.75, 3.05) is 0 Å². The van der Waals surface area contributed by atoms with Crippen molar-refractivity contribution < 1.29 is 9.22 Å². The van der Waals surface area contributed by atoms with Crippen molar-refractivity contribution in [3.63, 3.8) is 0 Å². The third-order valence-electron chi connectivity index (χ3n) is 4.87. The first-order chi connectivity index (χ1) is 9.71. The number of hydrogen-bond donors (Lipinski definition) is 0. The van der Waals surface area contributed by atoms with Crippen LogP contribution in [0.5, 0.6) is 0 Å². The zero-order chi connectivity index (χ0) is 15.8. The van der Waals surface area contributed by atoms with E-state index in [2.05, 4.69) is 39.9 Å². The second-order valence-corrected chi connectivity index (χ2v) is 12.0. The maximum Gasteiger partial charge on any atom is 0.192 e. The molecule has 21 heavy (non-hydrogen) atoms. The molecule has 1 aromatic carbocycles. The normalized spacial score (nSPS) is 21.7. The van der Waals surface area contributed by atoms with Crippen molar-refractivity contribution in [3.05, 3.63) is 34.9 Å². The molecule has 4 heteroatoms. The van der Waals surface area contributed by atoms with Gasteiger partial charge in [-0.1, -0.05) is 32.9 Å². The van der Waals surface area contributed by atoms with E-state index in [-0.39, 0.29) is 17.1 Å². The zero-order valence-corrected chi connectivity index (χ0v) is 14.4. The number of aldehydes is 1. The third kappa shape index (κ3) is 2.81. The van der Waals surface area contributed by atoms with Gasteiger partial charge in [0.15, 0.2) is 8.32 Å². The van der Waals surface area contributed by atoms with Gasteiger partial charge in [-0.3, -0.25) is 0 Å². The average Bonchev–Trinajstić information content (AvgIpc) is 2.75. The number of nitrogens with zero attached hydrogens (tertiary/aromatic N) is 1. The Bertz CT molecular complexity index is 596. The van der Waals surface area contributed by atoms with E-state index in [0.29, 0.717) is 12.0 Å². The van der Waals surface area contributed by atoms with Gasteiger partial charge in [0.2, 0.25) is 0 Å². The molecule has 2 unspecified atom stereocenters. The number of nitriles is 1. The summed E-state index contributed by atoms with van der Waals surface area (Å²) in [5.74, 6) is -0.177. The predicted octanol–water partition coefficient (Wildman–Crippen LogP) is 3.99. The SMILES string of the molecule is CC(C)(C)[Si](C)(C)OC1c2cccc(C#N)c2CC1C=O. The van der Waals surface area contributed by atoms with Crippen molar-refractivity contribution in [2.24, 2.45) is 5.92 Å². The Kier molecular flexibility index (Phi) is 4.10. The molecule has 0 heterocycles. The topological polar surface area (TPSA) is 50.1 Å². The van der Waals surface area contributed by atoms with Crippen LogP contribution in [0.15, 0.2) is 18.2 Å². The highest BCUT2D eigenvalue weighted by molar-refractivity contribution is 6.74. The molecule has 0 bridgehead atoms. The van der Waals surface area contributed by atoms with Gasteiger partial charge in [0.1, 0.15) is 6.29 Å². The van der Waals surface area contributed by atoms with Crippen LogP contribution in [0.1, 0.15) is 43.6 Å². The van der Waals surface area contributed by atoms with E-state index in [9.17, 15) is 10.1 Å². The van der Waals surface area contributed by atoms with E-state index in [1.807, 2.05) is 18.2 Å². The molecular weight excluding hydrogens is 278 g/mol. The summed E-state index contributed by atoms with van der Waals surface area (Å²) in [4.78, 5) is 11.5. The van der Waals surface area contributed by atoms with Gasteiger partial charge in [0, 0.05) is 5.92 Å².